The average molecular weight is 405 g/mol. The molecule has 1 amide bonds. The summed E-state index contributed by atoms with van der Waals surface area (Å²) < 4.78 is 43.1. The molecule has 6 nitrogen and oxygen atoms in total. The number of halogens is 2. The topological polar surface area (TPSA) is 73.9 Å². The molecule has 29 heavy (non-hydrogen) atoms. The van der Waals surface area contributed by atoms with Crippen molar-refractivity contribution in [2.45, 2.75) is 19.9 Å². The Morgan fingerprint density at radius 2 is 1.72 bits per heavy atom. The van der Waals surface area contributed by atoms with Crippen LogP contribution < -0.4 is 14.8 Å². The molecule has 0 aromatic heterocycles. The van der Waals surface area contributed by atoms with Crippen LogP contribution in [-0.2, 0) is 9.53 Å². The van der Waals surface area contributed by atoms with Crippen molar-refractivity contribution in [2.75, 3.05) is 19.8 Å². The number of hydrogen-bond acceptors (Lipinski definition) is 5. The highest BCUT2D eigenvalue weighted by Gasteiger charge is 2.23. The van der Waals surface area contributed by atoms with E-state index < -0.39 is 35.7 Å². The van der Waals surface area contributed by atoms with E-state index in [0.717, 1.165) is 23.8 Å². The molecule has 0 radical (unpaired) electrons. The SMILES string of the molecule is CC(C)[C@H](NC(=O)COC(=O)c1c(F)cccc1F)c1ccc2c(c1)OCCO2. The van der Waals surface area contributed by atoms with Crippen molar-refractivity contribution in [3.63, 3.8) is 0 Å². The van der Waals surface area contributed by atoms with E-state index in [1.165, 1.54) is 0 Å². The Labute approximate surface area is 166 Å². The third-order valence-electron chi connectivity index (χ3n) is 4.41. The number of amides is 1. The van der Waals surface area contributed by atoms with E-state index in [-0.39, 0.29) is 12.0 Å². The first-order chi connectivity index (χ1) is 13.9. The van der Waals surface area contributed by atoms with Gasteiger partial charge in [0.1, 0.15) is 30.4 Å². The van der Waals surface area contributed by atoms with Crippen LogP contribution in [0.1, 0.15) is 35.8 Å². The van der Waals surface area contributed by atoms with E-state index >= 15 is 0 Å². The third kappa shape index (κ3) is 4.82. The Morgan fingerprint density at radius 1 is 1.07 bits per heavy atom. The molecule has 0 bridgehead atoms. The number of carbonyl (C=O) groups is 2. The molecule has 1 aliphatic heterocycles. The summed E-state index contributed by atoms with van der Waals surface area (Å²) in [7, 11) is 0. The van der Waals surface area contributed by atoms with Crippen LogP contribution in [0.15, 0.2) is 36.4 Å². The van der Waals surface area contributed by atoms with E-state index in [1.807, 2.05) is 19.9 Å². The minimum atomic E-state index is -1.24. The lowest BCUT2D eigenvalue weighted by atomic mass is 9.95. The van der Waals surface area contributed by atoms with Gasteiger partial charge in [-0.2, -0.15) is 0 Å². The van der Waals surface area contributed by atoms with Gasteiger partial charge in [-0.25, -0.2) is 13.6 Å². The Kier molecular flexibility index (Phi) is 6.31. The zero-order chi connectivity index (χ0) is 21.0. The Balaban J connectivity index is 1.65. The first kappa shape index (κ1) is 20.6. The molecule has 0 saturated heterocycles. The lowest BCUT2D eigenvalue weighted by Gasteiger charge is -2.25. The van der Waals surface area contributed by atoms with E-state index in [9.17, 15) is 18.4 Å². The maximum Gasteiger partial charge on any atom is 0.344 e. The number of rotatable bonds is 6. The predicted molar refractivity (Wildman–Crippen MR) is 99.8 cm³/mol. The highest BCUT2D eigenvalue weighted by atomic mass is 19.1. The van der Waals surface area contributed by atoms with Crippen molar-refractivity contribution in [3.05, 3.63) is 59.2 Å². The van der Waals surface area contributed by atoms with E-state index in [4.69, 9.17) is 14.2 Å². The lowest BCUT2D eigenvalue weighted by Crippen LogP contribution is -2.35. The molecule has 1 N–H and O–H groups in total. The van der Waals surface area contributed by atoms with Crippen molar-refractivity contribution in [1.82, 2.24) is 5.32 Å². The van der Waals surface area contributed by atoms with Crippen LogP contribution in [0.5, 0.6) is 11.5 Å². The highest BCUT2D eigenvalue weighted by Crippen LogP contribution is 2.34. The van der Waals surface area contributed by atoms with Gasteiger partial charge >= 0.3 is 5.97 Å². The average Bonchev–Trinajstić information content (AvgIpc) is 2.69. The summed E-state index contributed by atoms with van der Waals surface area (Å²) in [6, 6.07) is 8.01. The summed E-state index contributed by atoms with van der Waals surface area (Å²) >= 11 is 0. The van der Waals surface area contributed by atoms with Crippen LogP contribution in [0, 0.1) is 17.6 Å². The quantitative estimate of drug-likeness (QED) is 0.746. The van der Waals surface area contributed by atoms with Gasteiger partial charge in [0, 0.05) is 0 Å². The molecule has 2 aromatic carbocycles. The first-order valence-electron chi connectivity index (χ1n) is 9.17. The largest absolute Gasteiger partial charge is 0.486 e. The summed E-state index contributed by atoms with van der Waals surface area (Å²) in [5, 5.41) is 2.78. The molecule has 0 saturated carbocycles. The van der Waals surface area contributed by atoms with Crippen molar-refractivity contribution < 1.29 is 32.6 Å². The standard InChI is InChI=1S/C21H21F2NO5/c1-12(2)20(13-6-7-16-17(10-13)28-9-8-27-16)24-18(25)11-29-21(26)19-14(22)4-3-5-15(19)23/h3-7,10,12,20H,8-9,11H2,1-2H3,(H,24,25)/t20-/m0/s1. The molecule has 0 unspecified atom stereocenters. The normalized spacial score (nSPS) is 13.7. The predicted octanol–water partition coefficient (Wildman–Crippen LogP) is 3.41. The van der Waals surface area contributed by atoms with Crippen LogP contribution in [0.25, 0.3) is 0 Å². The van der Waals surface area contributed by atoms with Gasteiger partial charge in [-0.1, -0.05) is 26.0 Å². The first-order valence-corrected chi connectivity index (χ1v) is 9.17. The van der Waals surface area contributed by atoms with E-state index in [1.54, 1.807) is 12.1 Å². The molecule has 1 atom stereocenters. The summed E-state index contributed by atoms with van der Waals surface area (Å²) in [6.45, 7) is 4.09. The van der Waals surface area contributed by atoms with Crippen LogP contribution in [0.3, 0.4) is 0 Å². The minimum Gasteiger partial charge on any atom is -0.486 e. The highest BCUT2D eigenvalue weighted by molar-refractivity contribution is 5.91. The summed E-state index contributed by atoms with van der Waals surface area (Å²) in [5.74, 6) is -2.69. The summed E-state index contributed by atoms with van der Waals surface area (Å²) in [6.07, 6.45) is 0. The molecular formula is C21H21F2NO5. The van der Waals surface area contributed by atoms with Crippen LogP contribution in [-0.4, -0.2) is 31.7 Å². The van der Waals surface area contributed by atoms with Gasteiger partial charge in [-0.3, -0.25) is 4.79 Å². The van der Waals surface area contributed by atoms with Gasteiger partial charge in [0.2, 0.25) is 0 Å². The number of hydrogen-bond donors (Lipinski definition) is 1. The van der Waals surface area contributed by atoms with Crippen LogP contribution in [0.4, 0.5) is 8.78 Å². The second-order valence-corrected chi connectivity index (χ2v) is 6.87. The smallest absolute Gasteiger partial charge is 0.344 e. The van der Waals surface area contributed by atoms with Crippen molar-refractivity contribution >= 4 is 11.9 Å². The second kappa shape index (κ2) is 8.89. The zero-order valence-corrected chi connectivity index (χ0v) is 16.0. The lowest BCUT2D eigenvalue weighted by molar-refractivity contribution is -0.125. The summed E-state index contributed by atoms with van der Waals surface area (Å²) in [4.78, 5) is 24.2. The molecule has 0 aliphatic carbocycles. The third-order valence-corrected chi connectivity index (χ3v) is 4.41. The molecule has 1 heterocycles. The molecule has 8 heteroatoms. The minimum absolute atomic E-state index is 0.0150. The summed E-state index contributed by atoms with van der Waals surface area (Å²) in [5.41, 5.74) is -0.0309. The van der Waals surface area contributed by atoms with Crippen molar-refractivity contribution in [3.8, 4) is 11.5 Å². The molecule has 0 fully saturated rings. The van der Waals surface area contributed by atoms with Crippen LogP contribution in [0.2, 0.25) is 0 Å². The van der Waals surface area contributed by atoms with Gasteiger partial charge in [0.15, 0.2) is 18.1 Å². The fourth-order valence-electron chi connectivity index (χ4n) is 3.00. The fourth-order valence-corrected chi connectivity index (χ4v) is 3.00. The van der Waals surface area contributed by atoms with Gasteiger partial charge < -0.3 is 19.5 Å². The molecule has 2 aromatic rings. The molecule has 0 spiro atoms. The number of nitrogens with one attached hydrogen (secondary N) is 1. The maximum atomic E-state index is 13.6. The Bertz CT molecular complexity index is 896. The van der Waals surface area contributed by atoms with E-state index in [0.29, 0.717) is 24.7 Å². The maximum absolute atomic E-state index is 13.6. The van der Waals surface area contributed by atoms with Crippen molar-refractivity contribution in [2.24, 2.45) is 5.92 Å². The van der Waals surface area contributed by atoms with Crippen molar-refractivity contribution in [1.29, 1.82) is 0 Å². The molecular weight excluding hydrogens is 384 g/mol. The number of ether oxygens (including phenoxy) is 3. The number of carbonyl (C=O) groups excluding carboxylic acids is 2. The van der Waals surface area contributed by atoms with Gasteiger partial charge in [-0.05, 0) is 35.7 Å². The van der Waals surface area contributed by atoms with Gasteiger partial charge in [-0.15, -0.1) is 0 Å². The zero-order valence-electron chi connectivity index (χ0n) is 16.0. The fraction of sp³-hybridized carbons (Fsp3) is 0.333. The molecule has 154 valence electrons. The number of esters is 1. The second-order valence-electron chi connectivity index (χ2n) is 6.87. The molecule has 3 rings (SSSR count). The van der Waals surface area contributed by atoms with Gasteiger partial charge in [0.05, 0.1) is 6.04 Å². The molecule has 1 aliphatic rings. The Hall–Kier alpha value is -3.16. The van der Waals surface area contributed by atoms with Gasteiger partial charge in [0.25, 0.3) is 5.91 Å². The van der Waals surface area contributed by atoms with Crippen LogP contribution >= 0.6 is 0 Å². The van der Waals surface area contributed by atoms with E-state index in [2.05, 4.69) is 5.32 Å². The number of fused-ring (bicyclic) bond motifs is 1. The Morgan fingerprint density at radius 3 is 2.38 bits per heavy atom. The number of benzene rings is 2. The monoisotopic (exact) mass is 405 g/mol.